The molecule has 1 aliphatic rings. The molecule has 1 aliphatic heterocycles. The lowest BCUT2D eigenvalue weighted by Crippen LogP contribution is -2.48. The van der Waals surface area contributed by atoms with E-state index in [0.29, 0.717) is 23.6 Å². The van der Waals surface area contributed by atoms with E-state index in [9.17, 15) is 4.79 Å². The zero-order chi connectivity index (χ0) is 19.2. The molecule has 3 rings (SSSR count). The molecule has 1 aromatic heterocycles. The molecule has 2 heterocycles. The number of hydrogen-bond donors (Lipinski definition) is 1. The number of nitrogens with one attached hydrogen (secondary N) is 1. The number of carbonyl (C=O) groups excluding carboxylic acids is 1. The maximum atomic E-state index is 12.9. The van der Waals surface area contributed by atoms with Gasteiger partial charge >= 0.3 is 0 Å². The van der Waals surface area contributed by atoms with Crippen molar-refractivity contribution in [3.05, 3.63) is 46.2 Å². The van der Waals surface area contributed by atoms with E-state index >= 15 is 0 Å². The van der Waals surface area contributed by atoms with E-state index in [1.807, 2.05) is 6.07 Å². The van der Waals surface area contributed by atoms with Crippen molar-refractivity contribution in [1.82, 2.24) is 15.1 Å². The predicted molar refractivity (Wildman–Crippen MR) is 108 cm³/mol. The molecule has 6 nitrogen and oxygen atoms in total. The number of piperazine rings is 1. The van der Waals surface area contributed by atoms with Gasteiger partial charge in [-0.2, -0.15) is 11.3 Å². The van der Waals surface area contributed by atoms with Gasteiger partial charge in [-0.3, -0.25) is 9.69 Å². The summed E-state index contributed by atoms with van der Waals surface area (Å²) in [5.74, 6) is 0.843. The summed E-state index contributed by atoms with van der Waals surface area (Å²) in [6.07, 6.45) is 0. The third kappa shape index (κ3) is 4.61. The molecule has 7 heteroatoms. The highest BCUT2D eigenvalue weighted by Gasteiger charge is 2.26. The van der Waals surface area contributed by atoms with Crippen LogP contribution in [-0.2, 0) is 0 Å². The number of thiophene rings is 1. The van der Waals surface area contributed by atoms with E-state index in [0.717, 1.165) is 26.2 Å². The molecule has 1 fully saturated rings. The molecule has 1 amide bonds. The lowest BCUT2D eigenvalue weighted by atomic mass is 10.1. The SMILES string of the molecule is COc1cccc(OC)c1C(=O)NCC(c1ccsc1)N1CCN(C)CC1. The number of amides is 1. The smallest absolute Gasteiger partial charge is 0.258 e. The van der Waals surface area contributed by atoms with Crippen LogP contribution >= 0.6 is 11.3 Å². The molecule has 0 saturated carbocycles. The average Bonchev–Trinajstić information content (AvgIpc) is 3.23. The Morgan fingerprint density at radius 3 is 2.37 bits per heavy atom. The molecular formula is C20H27N3O3S. The van der Waals surface area contributed by atoms with Crippen LogP contribution in [0.1, 0.15) is 22.0 Å². The number of hydrogen-bond acceptors (Lipinski definition) is 6. The summed E-state index contributed by atoms with van der Waals surface area (Å²) in [5.41, 5.74) is 1.68. The van der Waals surface area contributed by atoms with Crippen LogP contribution in [0.2, 0.25) is 0 Å². The van der Waals surface area contributed by atoms with Crippen LogP contribution in [0.15, 0.2) is 35.0 Å². The van der Waals surface area contributed by atoms with Gasteiger partial charge in [0.15, 0.2) is 0 Å². The molecule has 1 saturated heterocycles. The molecule has 0 radical (unpaired) electrons. The van der Waals surface area contributed by atoms with Crippen LogP contribution in [-0.4, -0.2) is 69.7 Å². The van der Waals surface area contributed by atoms with Crippen LogP contribution in [0.5, 0.6) is 11.5 Å². The first-order chi connectivity index (χ1) is 13.1. The third-order valence-corrected chi connectivity index (χ3v) is 5.72. The van der Waals surface area contributed by atoms with Crippen molar-refractivity contribution >= 4 is 17.2 Å². The molecule has 1 aromatic carbocycles. The Hall–Kier alpha value is -2.09. The van der Waals surface area contributed by atoms with E-state index in [-0.39, 0.29) is 11.9 Å². The minimum atomic E-state index is -0.182. The lowest BCUT2D eigenvalue weighted by molar-refractivity contribution is 0.0881. The monoisotopic (exact) mass is 389 g/mol. The predicted octanol–water partition coefficient (Wildman–Crippen LogP) is 2.48. The summed E-state index contributed by atoms with van der Waals surface area (Å²) in [6, 6.07) is 7.66. The highest BCUT2D eigenvalue weighted by atomic mass is 32.1. The Morgan fingerprint density at radius 2 is 1.81 bits per heavy atom. The second kappa shape index (κ2) is 9.21. The van der Waals surface area contributed by atoms with Crippen molar-refractivity contribution in [1.29, 1.82) is 0 Å². The van der Waals surface area contributed by atoms with Crippen molar-refractivity contribution < 1.29 is 14.3 Å². The van der Waals surface area contributed by atoms with Crippen LogP contribution in [0.25, 0.3) is 0 Å². The van der Waals surface area contributed by atoms with Crippen molar-refractivity contribution in [2.75, 3.05) is 54.0 Å². The van der Waals surface area contributed by atoms with E-state index < -0.39 is 0 Å². The highest BCUT2D eigenvalue weighted by Crippen LogP contribution is 2.29. The number of ether oxygens (including phenoxy) is 2. The average molecular weight is 390 g/mol. The molecule has 27 heavy (non-hydrogen) atoms. The first-order valence-electron chi connectivity index (χ1n) is 9.08. The topological polar surface area (TPSA) is 54.0 Å². The number of benzene rings is 1. The Bertz CT molecular complexity index is 721. The van der Waals surface area contributed by atoms with Crippen molar-refractivity contribution in [2.45, 2.75) is 6.04 Å². The Kier molecular flexibility index (Phi) is 6.71. The standard InChI is InChI=1S/C20H27N3O3S/c1-22-8-10-23(11-9-22)16(15-7-12-27-14-15)13-21-20(24)19-17(25-2)5-4-6-18(19)26-3/h4-7,12,14,16H,8-11,13H2,1-3H3,(H,21,24). The Balaban J connectivity index is 1.75. The van der Waals surface area contributed by atoms with Gasteiger partial charge in [-0.1, -0.05) is 6.07 Å². The first kappa shape index (κ1) is 19.7. The van der Waals surface area contributed by atoms with Crippen molar-refractivity contribution in [2.24, 2.45) is 0 Å². The fraction of sp³-hybridized carbons (Fsp3) is 0.450. The van der Waals surface area contributed by atoms with Gasteiger partial charge < -0.3 is 19.7 Å². The minimum absolute atomic E-state index is 0.162. The van der Waals surface area contributed by atoms with Crippen LogP contribution < -0.4 is 14.8 Å². The molecular weight excluding hydrogens is 362 g/mol. The Morgan fingerprint density at radius 1 is 1.15 bits per heavy atom. The highest BCUT2D eigenvalue weighted by molar-refractivity contribution is 7.07. The zero-order valence-corrected chi connectivity index (χ0v) is 16.9. The van der Waals surface area contributed by atoms with E-state index in [4.69, 9.17) is 9.47 Å². The second-order valence-corrected chi connectivity index (χ2v) is 7.44. The van der Waals surface area contributed by atoms with Gasteiger partial charge in [-0.05, 0) is 41.6 Å². The molecule has 0 spiro atoms. The Labute approximate surface area is 164 Å². The molecule has 1 N–H and O–H groups in total. The minimum Gasteiger partial charge on any atom is -0.496 e. The molecule has 2 aromatic rings. The lowest BCUT2D eigenvalue weighted by Gasteiger charge is -2.38. The van der Waals surface area contributed by atoms with Gasteiger partial charge in [-0.25, -0.2) is 0 Å². The van der Waals surface area contributed by atoms with Gasteiger partial charge in [0.05, 0.1) is 20.3 Å². The molecule has 0 aliphatic carbocycles. The van der Waals surface area contributed by atoms with Crippen LogP contribution in [0.3, 0.4) is 0 Å². The second-order valence-electron chi connectivity index (χ2n) is 6.66. The van der Waals surface area contributed by atoms with Crippen molar-refractivity contribution in [3.63, 3.8) is 0 Å². The van der Waals surface area contributed by atoms with E-state index in [1.165, 1.54) is 5.56 Å². The summed E-state index contributed by atoms with van der Waals surface area (Å²) in [5, 5.41) is 7.35. The third-order valence-electron chi connectivity index (χ3n) is 5.02. The first-order valence-corrected chi connectivity index (χ1v) is 10.0. The number of carbonyl (C=O) groups is 1. The van der Waals surface area contributed by atoms with Gasteiger partial charge in [0.1, 0.15) is 17.1 Å². The van der Waals surface area contributed by atoms with Gasteiger partial charge in [-0.15, -0.1) is 0 Å². The maximum Gasteiger partial charge on any atom is 0.258 e. The van der Waals surface area contributed by atoms with Crippen LogP contribution in [0.4, 0.5) is 0 Å². The molecule has 1 unspecified atom stereocenters. The zero-order valence-electron chi connectivity index (χ0n) is 16.1. The summed E-state index contributed by atoms with van der Waals surface area (Å²) in [6.45, 7) is 4.60. The molecule has 0 bridgehead atoms. The quantitative estimate of drug-likeness (QED) is 0.789. The van der Waals surface area contributed by atoms with Crippen molar-refractivity contribution in [3.8, 4) is 11.5 Å². The number of methoxy groups -OCH3 is 2. The number of likely N-dealkylation sites (N-methyl/N-ethyl adjacent to an activating group) is 1. The number of nitrogens with zero attached hydrogens (tertiary/aromatic N) is 2. The number of rotatable bonds is 7. The van der Waals surface area contributed by atoms with Crippen LogP contribution in [0, 0.1) is 0 Å². The van der Waals surface area contributed by atoms with Gasteiger partial charge in [0, 0.05) is 32.7 Å². The normalized spacial score (nSPS) is 16.7. The summed E-state index contributed by atoms with van der Waals surface area (Å²) < 4.78 is 10.7. The van der Waals surface area contributed by atoms with Gasteiger partial charge in [0.2, 0.25) is 0 Å². The van der Waals surface area contributed by atoms with E-state index in [2.05, 4.69) is 39.0 Å². The molecule has 146 valence electrons. The maximum absolute atomic E-state index is 12.9. The van der Waals surface area contributed by atoms with Gasteiger partial charge in [0.25, 0.3) is 5.91 Å². The molecule has 1 atom stereocenters. The summed E-state index contributed by atoms with van der Waals surface area (Å²) in [7, 11) is 5.26. The summed E-state index contributed by atoms with van der Waals surface area (Å²) in [4.78, 5) is 17.7. The fourth-order valence-corrected chi connectivity index (χ4v) is 4.12. The fourth-order valence-electron chi connectivity index (χ4n) is 3.41. The summed E-state index contributed by atoms with van der Waals surface area (Å²) >= 11 is 1.69. The van der Waals surface area contributed by atoms with E-state index in [1.54, 1.807) is 37.7 Å². The largest absolute Gasteiger partial charge is 0.496 e.